The van der Waals surface area contributed by atoms with Gasteiger partial charge in [-0.3, -0.25) is 0 Å². The summed E-state index contributed by atoms with van der Waals surface area (Å²) in [5.41, 5.74) is 5.88. The fourth-order valence-electron chi connectivity index (χ4n) is 5.38. The number of anilines is 1. The molecule has 2 aliphatic heterocycles. The lowest BCUT2D eigenvalue weighted by Crippen LogP contribution is -2.42. The lowest BCUT2D eigenvalue weighted by Gasteiger charge is -2.37. The molecule has 0 radical (unpaired) electrons. The first-order valence-electron chi connectivity index (χ1n) is 12.4. The molecular formula is C28H31N5O. The van der Waals surface area contributed by atoms with Crippen LogP contribution in [0.15, 0.2) is 72.9 Å². The van der Waals surface area contributed by atoms with Crippen molar-refractivity contribution in [2.45, 2.75) is 37.9 Å². The van der Waals surface area contributed by atoms with E-state index >= 15 is 0 Å². The highest BCUT2D eigenvalue weighted by atomic mass is 16.5. The van der Waals surface area contributed by atoms with Crippen LogP contribution < -0.4 is 10.2 Å². The molecule has 0 bridgehead atoms. The molecule has 174 valence electrons. The third kappa shape index (κ3) is 4.19. The van der Waals surface area contributed by atoms with Crippen LogP contribution in [0.2, 0.25) is 0 Å². The number of fused-ring (bicyclic) bond motifs is 2. The van der Waals surface area contributed by atoms with E-state index in [0.717, 1.165) is 57.5 Å². The number of benzene rings is 2. The van der Waals surface area contributed by atoms with Gasteiger partial charge in [0.25, 0.3) is 0 Å². The van der Waals surface area contributed by atoms with Gasteiger partial charge < -0.3 is 15.0 Å². The average Bonchev–Trinajstić information content (AvgIpc) is 3.23. The largest absolute Gasteiger partial charge is 0.364 e. The van der Waals surface area contributed by atoms with Gasteiger partial charge in [-0.1, -0.05) is 60.7 Å². The van der Waals surface area contributed by atoms with Gasteiger partial charge in [-0.05, 0) is 36.9 Å². The maximum Gasteiger partial charge on any atom is 0.157 e. The number of hydrogen-bond donors (Lipinski definition) is 1. The summed E-state index contributed by atoms with van der Waals surface area (Å²) in [4.78, 5) is 7.43. The van der Waals surface area contributed by atoms with Crippen molar-refractivity contribution in [3.05, 3.63) is 95.3 Å². The Bertz CT molecular complexity index is 1200. The number of aromatic nitrogens is 3. The van der Waals surface area contributed by atoms with Gasteiger partial charge >= 0.3 is 0 Å². The summed E-state index contributed by atoms with van der Waals surface area (Å²) in [6.45, 7) is 3.83. The molecule has 0 aliphatic carbocycles. The second kappa shape index (κ2) is 9.57. The number of hydrogen-bond acceptors (Lipinski definition) is 5. The fourth-order valence-corrected chi connectivity index (χ4v) is 5.38. The molecule has 2 aromatic heterocycles. The zero-order valence-corrected chi connectivity index (χ0v) is 19.4. The fraction of sp³-hybridized carbons (Fsp3) is 0.357. The lowest BCUT2D eigenvalue weighted by molar-refractivity contribution is 0.000875. The van der Waals surface area contributed by atoms with Crippen molar-refractivity contribution in [1.82, 2.24) is 19.9 Å². The van der Waals surface area contributed by atoms with Crippen LogP contribution in [0.25, 0.3) is 5.65 Å². The van der Waals surface area contributed by atoms with E-state index in [1.165, 1.54) is 28.2 Å². The SMILES string of the molecule is c1ccc(C(OC2CCCN(c3c4c(nc5ccnn35)CCNCC4)C2)c2ccccc2)cc1. The van der Waals surface area contributed by atoms with Gasteiger partial charge in [-0.25, -0.2) is 4.98 Å². The molecule has 1 atom stereocenters. The van der Waals surface area contributed by atoms with E-state index in [1.54, 1.807) is 0 Å². The van der Waals surface area contributed by atoms with Crippen molar-refractivity contribution < 1.29 is 4.74 Å². The number of nitrogens with one attached hydrogen (secondary N) is 1. The van der Waals surface area contributed by atoms with Crippen LogP contribution in [0.3, 0.4) is 0 Å². The third-order valence-corrected chi connectivity index (χ3v) is 6.99. The Morgan fingerprint density at radius 2 is 1.65 bits per heavy atom. The molecule has 1 saturated heterocycles. The molecule has 0 spiro atoms. The molecule has 6 rings (SSSR count). The highest BCUT2D eigenvalue weighted by molar-refractivity contribution is 5.58. The van der Waals surface area contributed by atoms with Crippen molar-refractivity contribution in [2.24, 2.45) is 0 Å². The van der Waals surface area contributed by atoms with Gasteiger partial charge in [-0.15, -0.1) is 0 Å². The molecule has 1 fully saturated rings. The van der Waals surface area contributed by atoms with E-state index in [9.17, 15) is 0 Å². The van der Waals surface area contributed by atoms with E-state index in [0.29, 0.717) is 0 Å². The Morgan fingerprint density at radius 1 is 0.912 bits per heavy atom. The number of rotatable bonds is 5. The summed E-state index contributed by atoms with van der Waals surface area (Å²) in [6.07, 6.45) is 6.02. The van der Waals surface area contributed by atoms with Gasteiger partial charge in [0.15, 0.2) is 5.65 Å². The van der Waals surface area contributed by atoms with Crippen molar-refractivity contribution in [3.8, 4) is 0 Å². The molecular weight excluding hydrogens is 422 g/mol. The predicted molar refractivity (Wildman–Crippen MR) is 134 cm³/mol. The second-order valence-electron chi connectivity index (χ2n) is 9.26. The van der Waals surface area contributed by atoms with Gasteiger partial charge in [0, 0.05) is 37.7 Å². The molecule has 4 aromatic rings. The monoisotopic (exact) mass is 453 g/mol. The summed E-state index contributed by atoms with van der Waals surface area (Å²) in [6, 6.07) is 23.2. The van der Waals surface area contributed by atoms with Gasteiger partial charge in [0.05, 0.1) is 18.0 Å². The quantitative estimate of drug-likeness (QED) is 0.491. The number of ether oxygens (including phenoxy) is 1. The van der Waals surface area contributed by atoms with E-state index in [4.69, 9.17) is 9.72 Å². The minimum atomic E-state index is -0.0733. The molecule has 34 heavy (non-hydrogen) atoms. The Morgan fingerprint density at radius 3 is 2.41 bits per heavy atom. The molecule has 2 aromatic carbocycles. The molecule has 1 unspecified atom stereocenters. The lowest BCUT2D eigenvalue weighted by atomic mass is 10.00. The van der Waals surface area contributed by atoms with Crippen LogP contribution in [-0.2, 0) is 17.6 Å². The van der Waals surface area contributed by atoms with E-state index < -0.39 is 0 Å². The topological polar surface area (TPSA) is 54.7 Å². The maximum absolute atomic E-state index is 6.88. The molecule has 6 heteroatoms. The zero-order chi connectivity index (χ0) is 22.7. The minimum absolute atomic E-state index is 0.0733. The first kappa shape index (κ1) is 21.3. The summed E-state index contributed by atoms with van der Waals surface area (Å²) >= 11 is 0. The molecule has 6 nitrogen and oxygen atoms in total. The first-order valence-corrected chi connectivity index (χ1v) is 12.4. The van der Waals surface area contributed by atoms with Crippen molar-refractivity contribution in [3.63, 3.8) is 0 Å². The summed E-state index contributed by atoms with van der Waals surface area (Å²) < 4.78 is 8.92. The van der Waals surface area contributed by atoms with Crippen LogP contribution in [0, 0.1) is 0 Å². The predicted octanol–water partition coefficient (Wildman–Crippen LogP) is 4.19. The first-order chi connectivity index (χ1) is 16.9. The molecule has 2 aliphatic rings. The number of nitrogens with zero attached hydrogens (tertiary/aromatic N) is 4. The smallest absolute Gasteiger partial charge is 0.157 e. The Kier molecular flexibility index (Phi) is 6.00. The molecule has 4 heterocycles. The molecule has 1 N–H and O–H groups in total. The normalized spacial score (nSPS) is 18.7. The van der Waals surface area contributed by atoms with Crippen molar-refractivity contribution >= 4 is 11.5 Å². The summed E-state index contributed by atoms with van der Waals surface area (Å²) in [7, 11) is 0. The maximum atomic E-state index is 6.88. The van der Waals surface area contributed by atoms with Crippen molar-refractivity contribution in [2.75, 3.05) is 31.1 Å². The summed E-state index contributed by atoms with van der Waals surface area (Å²) in [5.74, 6) is 1.21. The van der Waals surface area contributed by atoms with E-state index in [1.807, 2.05) is 16.8 Å². The van der Waals surface area contributed by atoms with Crippen LogP contribution >= 0.6 is 0 Å². The molecule has 0 amide bonds. The zero-order valence-electron chi connectivity index (χ0n) is 19.4. The van der Waals surface area contributed by atoms with Gasteiger partial charge in [0.1, 0.15) is 11.9 Å². The second-order valence-corrected chi connectivity index (χ2v) is 9.26. The Hall–Kier alpha value is -3.22. The molecule has 0 saturated carbocycles. The van der Waals surface area contributed by atoms with Crippen LogP contribution in [0.5, 0.6) is 0 Å². The van der Waals surface area contributed by atoms with Gasteiger partial charge in [-0.2, -0.15) is 9.61 Å². The third-order valence-electron chi connectivity index (χ3n) is 6.99. The van der Waals surface area contributed by atoms with Gasteiger partial charge in [0.2, 0.25) is 0 Å². The Labute approximate surface area is 200 Å². The highest BCUT2D eigenvalue weighted by Gasteiger charge is 2.29. The van der Waals surface area contributed by atoms with Crippen LogP contribution in [-0.4, -0.2) is 46.9 Å². The van der Waals surface area contributed by atoms with E-state index in [2.05, 4.69) is 76.0 Å². The standard InChI is InChI=1S/C28H31N5O/c1-3-8-21(9-4-1)27(22-10-5-2-6-11-22)34-23-12-7-19-32(20-23)28-24-13-16-29-17-14-25(24)31-26-15-18-30-33(26)28/h1-6,8-11,15,18,23,27,29H,7,12-14,16-17,19-20H2. The van der Waals surface area contributed by atoms with Crippen LogP contribution in [0.4, 0.5) is 5.82 Å². The average molecular weight is 454 g/mol. The number of piperidine rings is 1. The van der Waals surface area contributed by atoms with Crippen molar-refractivity contribution in [1.29, 1.82) is 0 Å². The Balaban J connectivity index is 1.32. The minimum Gasteiger partial charge on any atom is -0.364 e. The highest BCUT2D eigenvalue weighted by Crippen LogP contribution is 2.33. The van der Waals surface area contributed by atoms with E-state index in [-0.39, 0.29) is 12.2 Å². The van der Waals surface area contributed by atoms with Crippen LogP contribution in [0.1, 0.15) is 41.3 Å². The summed E-state index contributed by atoms with van der Waals surface area (Å²) in [5, 5.41) is 8.19.